The Hall–Kier alpha value is -1.42. The van der Waals surface area contributed by atoms with Gasteiger partial charge in [0.1, 0.15) is 17.3 Å². The van der Waals surface area contributed by atoms with E-state index in [1.165, 1.54) is 0 Å². The van der Waals surface area contributed by atoms with Gasteiger partial charge in [0.15, 0.2) is 0 Å². The Bertz CT molecular complexity index is 343. The van der Waals surface area contributed by atoms with Crippen molar-refractivity contribution < 1.29 is 9.47 Å². The normalized spacial score (nSPS) is 8.38. The van der Waals surface area contributed by atoms with Crippen LogP contribution in [-0.4, -0.2) is 19.6 Å². The molecule has 1 rings (SSSR count). The highest BCUT2D eigenvalue weighted by molar-refractivity contribution is 5.97. The molecule has 0 aliphatic heterocycles. The largest absolute Gasteiger partial charge is 0.497 e. The molecular weight excluding hydrogens is 228 g/mol. The van der Waals surface area contributed by atoms with Gasteiger partial charge in [-0.3, -0.25) is 5.41 Å². The molecule has 0 heterocycles. The predicted molar refractivity (Wildman–Crippen MR) is 69.2 cm³/mol. The zero-order valence-electron chi connectivity index (χ0n) is 8.74. The van der Waals surface area contributed by atoms with Crippen LogP contribution in [0.4, 0.5) is 0 Å². The fourth-order valence-electron chi connectivity index (χ4n) is 1.13. The van der Waals surface area contributed by atoms with Gasteiger partial charge in [-0.25, -0.2) is 0 Å². The van der Waals surface area contributed by atoms with Gasteiger partial charge in [-0.05, 0) is 19.1 Å². The number of halogens is 1. The molecule has 0 aliphatic carbocycles. The van der Waals surface area contributed by atoms with Crippen molar-refractivity contribution in [3.63, 3.8) is 0 Å². The summed E-state index contributed by atoms with van der Waals surface area (Å²) in [6, 6.07) is 5.19. The van der Waals surface area contributed by atoms with E-state index in [0.717, 1.165) is 0 Å². The highest BCUT2D eigenvalue weighted by Gasteiger charge is 2.07. The lowest BCUT2D eigenvalue weighted by molar-refractivity contribution is 0.335. The second-order valence-corrected chi connectivity index (χ2v) is 2.71. The van der Waals surface area contributed by atoms with E-state index < -0.39 is 0 Å². The van der Waals surface area contributed by atoms with Crippen LogP contribution in [0.5, 0.6) is 11.5 Å². The van der Waals surface area contributed by atoms with Crippen LogP contribution in [-0.2, 0) is 0 Å². The Morgan fingerprint density at radius 3 is 2.50 bits per heavy atom. The molecule has 4 nitrogen and oxygen atoms in total. The van der Waals surface area contributed by atoms with E-state index >= 15 is 0 Å². The fraction of sp³-hybridized carbons (Fsp3) is 0.364. The summed E-state index contributed by atoms with van der Waals surface area (Å²) >= 11 is 0. The third-order valence-corrected chi connectivity index (χ3v) is 1.78. The summed E-state index contributed by atoms with van der Waals surface area (Å²) < 4.78 is 10.4. The Morgan fingerprint density at radius 1 is 1.44 bits per heavy atom. The number of methoxy groups -OCH3 is 1. The van der Waals surface area contributed by atoms with Crippen LogP contribution >= 0.6 is 12.4 Å². The highest BCUT2D eigenvalue weighted by atomic mass is 35.5. The molecular formula is C11H19ClN2O2. The van der Waals surface area contributed by atoms with Crippen molar-refractivity contribution in [2.24, 2.45) is 5.73 Å². The minimum atomic E-state index is -0.00361. The number of hydrogen-bond acceptors (Lipinski definition) is 3. The van der Waals surface area contributed by atoms with Crippen LogP contribution in [0.1, 0.15) is 19.9 Å². The third-order valence-electron chi connectivity index (χ3n) is 1.78. The average molecular weight is 247 g/mol. The number of benzene rings is 1. The molecule has 0 saturated heterocycles. The zero-order chi connectivity index (χ0) is 10.6. The maximum atomic E-state index is 7.34. The van der Waals surface area contributed by atoms with Crippen LogP contribution in [0.25, 0.3) is 0 Å². The molecule has 0 aliphatic rings. The van der Waals surface area contributed by atoms with Crippen molar-refractivity contribution in [3.8, 4) is 11.5 Å². The number of nitrogens with two attached hydrogens (primary N) is 1. The van der Waals surface area contributed by atoms with Crippen molar-refractivity contribution in [1.29, 1.82) is 5.41 Å². The maximum Gasteiger partial charge on any atom is 0.133 e. The lowest BCUT2D eigenvalue weighted by Gasteiger charge is -2.10. The maximum absolute atomic E-state index is 7.34. The summed E-state index contributed by atoms with van der Waals surface area (Å²) in [4.78, 5) is 0. The van der Waals surface area contributed by atoms with Gasteiger partial charge in [-0.15, -0.1) is 12.4 Å². The van der Waals surface area contributed by atoms with Gasteiger partial charge in [0.2, 0.25) is 0 Å². The number of nitrogens with one attached hydrogen (secondary N) is 1. The topological polar surface area (TPSA) is 68.3 Å². The van der Waals surface area contributed by atoms with E-state index in [2.05, 4.69) is 0 Å². The first kappa shape index (κ1) is 17.0. The van der Waals surface area contributed by atoms with E-state index in [0.29, 0.717) is 23.7 Å². The predicted octanol–water partition coefficient (Wildman–Crippen LogP) is 2.44. The molecule has 3 N–H and O–H groups in total. The molecule has 0 amide bonds. The molecule has 0 spiro atoms. The van der Waals surface area contributed by atoms with E-state index in [1.807, 2.05) is 6.92 Å². The van der Waals surface area contributed by atoms with Crippen molar-refractivity contribution >= 4 is 18.2 Å². The lowest BCUT2D eigenvalue weighted by atomic mass is 10.2. The van der Waals surface area contributed by atoms with Crippen molar-refractivity contribution in [2.75, 3.05) is 13.7 Å². The van der Waals surface area contributed by atoms with Crippen LogP contribution in [0.3, 0.4) is 0 Å². The van der Waals surface area contributed by atoms with Crippen LogP contribution < -0.4 is 15.2 Å². The molecule has 0 aromatic heterocycles. The lowest BCUT2D eigenvalue weighted by Crippen LogP contribution is -2.13. The first-order chi connectivity index (χ1) is 6.69. The van der Waals surface area contributed by atoms with Crippen LogP contribution in [0.15, 0.2) is 18.2 Å². The SMILES string of the molecule is C.CCOc1cc(OC)ccc1C(=N)N.Cl. The number of nitrogen functional groups attached to an aromatic ring is 1. The molecule has 0 atom stereocenters. The summed E-state index contributed by atoms with van der Waals surface area (Å²) in [6.45, 7) is 2.41. The second kappa shape index (κ2) is 7.82. The number of amidine groups is 1. The Kier molecular flexibility index (Phi) is 8.30. The van der Waals surface area contributed by atoms with E-state index in [-0.39, 0.29) is 25.7 Å². The zero-order valence-corrected chi connectivity index (χ0v) is 9.56. The van der Waals surface area contributed by atoms with Gasteiger partial charge >= 0.3 is 0 Å². The monoisotopic (exact) mass is 246 g/mol. The average Bonchev–Trinajstić information content (AvgIpc) is 2.17. The number of ether oxygens (including phenoxy) is 2. The summed E-state index contributed by atoms with van der Waals surface area (Å²) in [5.41, 5.74) is 5.99. The Labute approximate surface area is 103 Å². The van der Waals surface area contributed by atoms with Gasteiger partial charge in [0, 0.05) is 6.07 Å². The molecule has 16 heavy (non-hydrogen) atoms. The van der Waals surface area contributed by atoms with Gasteiger partial charge in [0.05, 0.1) is 19.3 Å². The number of rotatable bonds is 4. The highest BCUT2D eigenvalue weighted by Crippen LogP contribution is 2.24. The Morgan fingerprint density at radius 2 is 2.06 bits per heavy atom. The van der Waals surface area contributed by atoms with Crippen LogP contribution in [0, 0.1) is 5.41 Å². The molecule has 0 bridgehead atoms. The minimum absolute atomic E-state index is 0. The molecule has 1 aromatic carbocycles. The van der Waals surface area contributed by atoms with E-state index in [9.17, 15) is 0 Å². The van der Waals surface area contributed by atoms with Crippen LogP contribution in [0.2, 0.25) is 0 Å². The summed E-state index contributed by atoms with van der Waals surface area (Å²) in [5, 5.41) is 7.34. The number of hydrogen-bond donors (Lipinski definition) is 2. The van der Waals surface area contributed by atoms with Crippen molar-refractivity contribution in [2.45, 2.75) is 14.4 Å². The van der Waals surface area contributed by atoms with E-state index in [4.69, 9.17) is 20.6 Å². The molecule has 5 heteroatoms. The second-order valence-electron chi connectivity index (χ2n) is 2.71. The first-order valence-corrected chi connectivity index (χ1v) is 4.34. The van der Waals surface area contributed by atoms with Gasteiger partial charge in [0.25, 0.3) is 0 Å². The van der Waals surface area contributed by atoms with Gasteiger partial charge in [-0.1, -0.05) is 7.43 Å². The standard InChI is InChI=1S/C10H14N2O2.CH4.ClH/c1-3-14-9-6-7(13-2)4-5-8(9)10(11)12;;/h4-6H,3H2,1-2H3,(H3,11,12);1H4;1H. The molecule has 0 radical (unpaired) electrons. The van der Waals surface area contributed by atoms with Crippen molar-refractivity contribution in [3.05, 3.63) is 23.8 Å². The molecule has 0 saturated carbocycles. The molecule has 0 fully saturated rings. The van der Waals surface area contributed by atoms with E-state index in [1.54, 1.807) is 25.3 Å². The fourth-order valence-corrected chi connectivity index (χ4v) is 1.13. The smallest absolute Gasteiger partial charge is 0.133 e. The van der Waals surface area contributed by atoms with Crippen molar-refractivity contribution in [1.82, 2.24) is 0 Å². The third kappa shape index (κ3) is 3.98. The quantitative estimate of drug-likeness (QED) is 0.633. The Balaban J connectivity index is 0. The summed E-state index contributed by atoms with van der Waals surface area (Å²) in [6.07, 6.45) is 0. The molecule has 92 valence electrons. The first-order valence-electron chi connectivity index (χ1n) is 4.34. The summed E-state index contributed by atoms with van der Waals surface area (Å²) in [7, 11) is 1.58. The molecule has 0 unspecified atom stereocenters. The summed E-state index contributed by atoms with van der Waals surface area (Å²) in [5.74, 6) is 1.27. The minimum Gasteiger partial charge on any atom is -0.497 e. The van der Waals surface area contributed by atoms with Gasteiger partial charge in [-0.2, -0.15) is 0 Å². The molecule has 1 aromatic rings. The van der Waals surface area contributed by atoms with Gasteiger partial charge < -0.3 is 15.2 Å².